The zero-order valence-electron chi connectivity index (χ0n) is 19.7. The molecule has 3 aliphatic rings. The van der Waals surface area contributed by atoms with Crippen LogP contribution in [0.15, 0.2) is 30.3 Å². The van der Waals surface area contributed by atoms with E-state index in [0.29, 0.717) is 19.1 Å². The van der Waals surface area contributed by atoms with Gasteiger partial charge < -0.3 is 18.9 Å². The second-order valence-electron chi connectivity index (χ2n) is 9.63. The first-order chi connectivity index (χ1) is 15.5. The van der Waals surface area contributed by atoms with Crippen molar-refractivity contribution in [2.24, 2.45) is 0 Å². The maximum atomic E-state index is 5.99. The summed E-state index contributed by atoms with van der Waals surface area (Å²) in [6.07, 6.45) is 6.60. The fraction of sp³-hybridized carbons (Fsp3) is 0.500. The summed E-state index contributed by atoms with van der Waals surface area (Å²) in [7, 11) is 0. The van der Waals surface area contributed by atoms with E-state index in [0.717, 1.165) is 31.1 Å². The maximum absolute atomic E-state index is 5.99. The predicted octanol–water partition coefficient (Wildman–Crippen LogP) is 5.83. The molecule has 2 aromatic carbocycles. The van der Waals surface area contributed by atoms with Crippen molar-refractivity contribution in [3.8, 4) is 11.5 Å². The summed E-state index contributed by atoms with van der Waals surface area (Å²) in [4.78, 5) is 0. The van der Waals surface area contributed by atoms with Crippen molar-refractivity contribution in [1.29, 1.82) is 0 Å². The maximum Gasteiger partial charge on any atom is 0.122 e. The highest BCUT2D eigenvalue weighted by atomic mass is 16.6. The number of hydrogen-bond acceptors (Lipinski definition) is 4. The molecular weight excluding hydrogens is 400 g/mol. The van der Waals surface area contributed by atoms with Gasteiger partial charge in [0.05, 0.1) is 13.2 Å². The number of allylic oxidation sites excluding steroid dienone is 2. The molecule has 4 heteroatoms. The zero-order valence-corrected chi connectivity index (χ0v) is 19.7. The van der Waals surface area contributed by atoms with Gasteiger partial charge in [0.25, 0.3) is 0 Å². The summed E-state index contributed by atoms with van der Waals surface area (Å²) in [5.74, 6) is 2.41. The third kappa shape index (κ3) is 4.87. The van der Waals surface area contributed by atoms with Crippen molar-refractivity contribution in [2.45, 2.75) is 65.1 Å². The van der Waals surface area contributed by atoms with Crippen molar-refractivity contribution < 1.29 is 18.9 Å². The molecule has 2 aromatic rings. The highest BCUT2D eigenvalue weighted by Crippen LogP contribution is 2.40. The normalized spacial score (nSPS) is 24.1. The number of benzene rings is 2. The second-order valence-corrected chi connectivity index (χ2v) is 9.63. The van der Waals surface area contributed by atoms with Crippen molar-refractivity contribution in [3.05, 3.63) is 63.7 Å². The third-order valence-electron chi connectivity index (χ3n) is 6.85. The summed E-state index contributed by atoms with van der Waals surface area (Å²) in [6, 6.07) is 9.04. The van der Waals surface area contributed by atoms with Crippen LogP contribution in [0.25, 0.3) is 5.57 Å². The van der Waals surface area contributed by atoms with E-state index in [1.165, 1.54) is 51.8 Å². The first-order valence-electron chi connectivity index (χ1n) is 11.9. The third-order valence-corrected chi connectivity index (χ3v) is 6.85. The van der Waals surface area contributed by atoms with Gasteiger partial charge in [0.1, 0.15) is 36.9 Å². The molecule has 2 heterocycles. The van der Waals surface area contributed by atoms with Crippen molar-refractivity contribution in [3.63, 3.8) is 0 Å². The zero-order chi connectivity index (χ0) is 22.2. The minimum absolute atomic E-state index is 0.279. The molecule has 1 aliphatic carbocycles. The molecule has 0 N–H and O–H groups in total. The molecule has 0 amide bonds. The molecule has 0 aromatic heterocycles. The molecule has 0 bridgehead atoms. The van der Waals surface area contributed by atoms with Gasteiger partial charge in [0.2, 0.25) is 0 Å². The van der Waals surface area contributed by atoms with Crippen LogP contribution in [-0.2, 0) is 9.47 Å². The minimum atomic E-state index is 0.279. The van der Waals surface area contributed by atoms with E-state index >= 15 is 0 Å². The Bertz CT molecular complexity index is 1030. The predicted molar refractivity (Wildman–Crippen MR) is 127 cm³/mol. The Morgan fingerprint density at radius 1 is 0.781 bits per heavy atom. The topological polar surface area (TPSA) is 43.5 Å². The van der Waals surface area contributed by atoms with E-state index in [1.54, 1.807) is 0 Å². The van der Waals surface area contributed by atoms with Crippen LogP contribution in [0.5, 0.6) is 11.5 Å². The lowest BCUT2D eigenvalue weighted by Gasteiger charge is -2.25. The summed E-state index contributed by atoms with van der Waals surface area (Å²) >= 11 is 0. The van der Waals surface area contributed by atoms with Crippen LogP contribution in [0.4, 0.5) is 0 Å². The molecule has 2 aliphatic heterocycles. The van der Waals surface area contributed by atoms with Crippen LogP contribution in [0, 0.1) is 27.7 Å². The van der Waals surface area contributed by atoms with Crippen LogP contribution in [0.2, 0.25) is 0 Å². The molecule has 4 nitrogen and oxygen atoms in total. The number of hydrogen-bond donors (Lipinski definition) is 0. The molecule has 0 spiro atoms. The van der Waals surface area contributed by atoms with E-state index < -0.39 is 0 Å². The van der Waals surface area contributed by atoms with E-state index in [4.69, 9.17) is 18.9 Å². The highest BCUT2D eigenvalue weighted by molar-refractivity contribution is 5.71. The Morgan fingerprint density at radius 2 is 1.38 bits per heavy atom. The van der Waals surface area contributed by atoms with Gasteiger partial charge in [-0.1, -0.05) is 12.1 Å². The van der Waals surface area contributed by atoms with E-state index in [-0.39, 0.29) is 12.2 Å². The molecule has 170 valence electrons. The minimum Gasteiger partial charge on any atom is -0.491 e. The SMILES string of the molecule is Cc1cc(C2=CC(c3cc(C)c(OCC4CO4)cc3C)CCC2)c(C)cc1OCC1CO1. The van der Waals surface area contributed by atoms with Crippen LogP contribution >= 0.6 is 0 Å². The fourth-order valence-corrected chi connectivity index (χ4v) is 4.74. The first-order valence-corrected chi connectivity index (χ1v) is 11.9. The summed E-state index contributed by atoms with van der Waals surface area (Å²) in [5, 5.41) is 0. The first kappa shape index (κ1) is 21.5. The van der Waals surface area contributed by atoms with E-state index in [9.17, 15) is 0 Å². The highest BCUT2D eigenvalue weighted by Gasteiger charge is 2.25. The second kappa shape index (κ2) is 8.92. The van der Waals surface area contributed by atoms with Crippen LogP contribution < -0.4 is 9.47 Å². The van der Waals surface area contributed by atoms with Gasteiger partial charge in [-0.15, -0.1) is 0 Å². The molecule has 0 saturated carbocycles. The number of aryl methyl sites for hydroxylation is 4. The Morgan fingerprint density at radius 3 is 2.00 bits per heavy atom. The van der Waals surface area contributed by atoms with Gasteiger partial charge in [-0.05, 0) is 104 Å². The van der Waals surface area contributed by atoms with Gasteiger partial charge >= 0.3 is 0 Å². The van der Waals surface area contributed by atoms with Gasteiger partial charge in [0.15, 0.2) is 0 Å². The fourth-order valence-electron chi connectivity index (χ4n) is 4.74. The van der Waals surface area contributed by atoms with Gasteiger partial charge in [0, 0.05) is 5.92 Å². The quantitative estimate of drug-likeness (QED) is 0.491. The number of epoxide rings is 2. The number of rotatable bonds is 8. The lowest BCUT2D eigenvalue weighted by molar-refractivity contribution is 0.261. The average molecular weight is 435 g/mol. The lowest BCUT2D eigenvalue weighted by Crippen LogP contribution is -2.09. The lowest BCUT2D eigenvalue weighted by atomic mass is 9.80. The molecule has 3 unspecified atom stereocenters. The van der Waals surface area contributed by atoms with Crippen molar-refractivity contribution in [1.82, 2.24) is 0 Å². The van der Waals surface area contributed by atoms with E-state index in [1.807, 2.05) is 0 Å². The average Bonchev–Trinajstić information content (AvgIpc) is 3.69. The Hall–Kier alpha value is -2.30. The van der Waals surface area contributed by atoms with Crippen LogP contribution in [0.3, 0.4) is 0 Å². The molecule has 5 rings (SSSR count). The van der Waals surface area contributed by atoms with Gasteiger partial charge in [-0.25, -0.2) is 0 Å². The molecule has 0 radical (unpaired) electrons. The van der Waals surface area contributed by atoms with Crippen LogP contribution in [0.1, 0.15) is 58.6 Å². The molecule has 3 atom stereocenters. The Labute approximate surface area is 191 Å². The number of ether oxygens (including phenoxy) is 4. The Balaban J connectivity index is 1.37. The van der Waals surface area contributed by atoms with Crippen molar-refractivity contribution >= 4 is 5.57 Å². The molecule has 32 heavy (non-hydrogen) atoms. The monoisotopic (exact) mass is 434 g/mol. The van der Waals surface area contributed by atoms with Gasteiger partial charge in [-0.2, -0.15) is 0 Å². The standard InChI is InChI=1S/C28H34O4/c1-17-10-27(31-15-23-13-29-23)19(3)8-25(17)21-6-5-7-22(12-21)26-9-20(4)28(11-18(26)2)32-16-24-14-30-24/h8-12,21,23-24H,5-7,13-16H2,1-4H3. The molecule has 2 fully saturated rings. The summed E-state index contributed by atoms with van der Waals surface area (Å²) < 4.78 is 22.5. The largest absolute Gasteiger partial charge is 0.491 e. The van der Waals surface area contributed by atoms with Crippen molar-refractivity contribution in [2.75, 3.05) is 26.4 Å². The molecule has 2 saturated heterocycles. The Kier molecular flexibility index (Phi) is 6.00. The summed E-state index contributed by atoms with van der Waals surface area (Å²) in [6.45, 7) is 11.7. The smallest absolute Gasteiger partial charge is 0.122 e. The van der Waals surface area contributed by atoms with Gasteiger partial charge in [-0.3, -0.25) is 0 Å². The summed E-state index contributed by atoms with van der Waals surface area (Å²) in [5.41, 5.74) is 9.25. The molecular formula is C28H34O4. The van der Waals surface area contributed by atoms with E-state index in [2.05, 4.69) is 58.0 Å². The van der Waals surface area contributed by atoms with Crippen LogP contribution in [-0.4, -0.2) is 38.6 Å².